The Kier molecular flexibility index (Phi) is 8.62. The van der Waals surface area contributed by atoms with Crippen molar-refractivity contribution in [2.24, 2.45) is 0 Å². The second-order valence-electron chi connectivity index (χ2n) is 7.84. The summed E-state index contributed by atoms with van der Waals surface area (Å²) in [5.41, 5.74) is 10.2. The number of carbonyl (C=O) groups is 2. The number of methoxy groups -OCH3 is 1. The molecule has 0 aliphatic rings. The monoisotopic (exact) mass is 437 g/mol. The Hall–Kier alpha value is -3.57. The van der Waals surface area contributed by atoms with Gasteiger partial charge in [0, 0.05) is 24.2 Å². The number of hydrazine groups is 1. The Balaban J connectivity index is 2.01. The summed E-state index contributed by atoms with van der Waals surface area (Å²) in [6, 6.07) is 9.80. The van der Waals surface area contributed by atoms with E-state index in [-0.39, 0.29) is 18.2 Å². The highest BCUT2D eigenvalue weighted by Crippen LogP contribution is 2.22. The van der Waals surface area contributed by atoms with Crippen LogP contribution in [0.2, 0.25) is 0 Å². The van der Waals surface area contributed by atoms with E-state index in [9.17, 15) is 14.9 Å². The van der Waals surface area contributed by atoms with E-state index >= 15 is 0 Å². The van der Waals surface area contributed by atoms with Gasteiger partial charge in [-0.3, -0.25) is 20.4 Å². The van der Waals surface area contributed by atoms with Gasteiger partial charge in [0.2, 0.25) is 0 Å². The van der Waals surface area contributed by atoms with Crippen molar-refractivity contribution in [2.75, 3.05) is 25.6 Å². The average Bonchev–Trinajstić information content (AvgIpc) is 3.02. The van der Waals surface area contributed by atoms with Gasteiger partial charge in [-0.2, -0.15) is 5.26 Å². The third kappa shape index (κ3) is 6.22. The number of nitriles is 1. The SMILES string of the molecule is COCC(C)n1c(C)cc(/C=C(/C#N)C(=O)NNC(=O)CNc2ccc(C)cc2C)c1C. The molecule has 2 amide bonds. The number of hydrogen-bond donors (Lipinski definition) is 3. The molecule has 1 aromatic heterocycles. The quantitative estimate of drug-likeness (QED) is 0.334. The number of aryl methyl sites for hydroxylation is 3. The number of anilines is 1. The zero-order valence-electron chi connectivity index (χ0n) is 19.5. The topological polar surface area (TPSA) is 108 Å². The number of amides is 2. The fourth-order valence-electron chi connectivity index (χ4n) is 3.67. The molecule has 1 aromatic carbocycles. The first-order chi connectivity index (χ1) is 15.2. The van der Waals surface area contributed by atoms with Crippen molar-refractivity contribution in [2.45, 2.75) is 40.7 Å². The number of carbonyl (C=O) groups excluding carboxylic acids is 2. The predicted molar refractivity (Wildman–Crippen MR) is 125 cm³/mol. The summed E-state index contributed by atoms with van der Waals surface area (Å²) in [4.78, 5) is 24.5. The van der Waals surface area contributed by atoms with Crippen LogP contribution >= 0.6 is 0 Å². The summed E-state index contributed by atoms with van der Waals surface area (Å²) in [6.07, 6.45) is 1.52. The van der Waals surface area contributed by atoms with Crippen LogP contribution in [0.4, 0.5) is 5.69 Å². The molecule has 170 valence electrons. The van der Waals surface area contributed by atoms with E-state index in [2.05, 4.69) is 20.7 Å². The molecule has 0 aliphatic carbocycles. The summed E-state index contributed by atoms with van der Waals surface area (Å²) in [6.45, 7) is 10.4. The van der Waals surface area contributed by atoms with Gasteiger partial charge in [-0.1, -0.05) is 17.7 Å². The molecular formula is C24H31N5O3. The van der Waals surface area contributed by atoms with Gasteiger partial charge in [0.1, 0.15) is 11.6 Å². The Bertz CT molecular complexity index is 1060. The summed E-state index contributed by atoms with van der Waals surface area (Å²) in [5.74, 6) is -1.11. The van der Waals surface area contributed by atoms with Gasteiger partial charge < -0.3 is 14.6 Å². The minimum atomic E-state index is -0.679. The van der Waals surface area contributed by atoms with E-state index in [0.717, 1.165) is 33.8 Å². The Morgan fingerprint density at radius 2 is 1.91 bits per heavy atom. The smallest absolute Gasteiger partial charge is 0.280 e. The maximum atomic E-state index is 12.4. The molecule has 2 rings (SSSR count). The van der Waals surface area contributed by atoms with Gasteiger partial charge in [0.05, 0.1) is 19.2 Å². The summed E-state index contributed by atoms with van der Waals surface area (Å²) in [7, 11) is 1.65. The van der Waals surface area contributed by atoms with Crippen LogP contribution in [0.5, 0.6) is 0 Å². The third-order valence-electron chi connectivity index (χ3n) is 5.17. The van der Waals surface area contributed by atoms with E-state index in [0.29, 0.717) is 6.61 Å². The lowest BCUT2D eigenvalue weighted by Crippen LogP contribution is -2.44. The molecule has 0 fully saturated rings. The number of aromatic nitrogens is 1. The number of nitrogens with one attached hydrogen (secondary N) is 3. The second kappa shape index (κ2) is 11.2. The summed E-state index contributed by atoms with van der Waals surface area (Å²) < 4.78 is 7.33. The van der Waals surface area contributed by atoms with Gasteiger partial charge in [0.25, 0.3) is 11.8 Å². The molecule has 32 heavy (non-hydrogen) atoms. The van der Waals surface area contributed by atoms with Gasteiger partial charge in [-0.25, -0.2) is 0 Å². The van der Waals surface area contributed by atoms with Crippen LogP contribution in [0.3, 0.4) is 0 Å². The minimum Gasteiger partial charge on any atom is -0.383 e. The van der Waals surface area contributed by atoms with Crippen molar-refractivity contribution >= 4 is 23.6 Å². The number of ether oxygens (including phenoxy) is 1. The Labute approximate surface area is 189 Å². The Morgan fingerprint density at radius 3 is 2.53 bits per heavy atom. The molecule has 0 radical (unpaired) electrons. The van der Waals surface area contributed by atoms with Crippen LogP contribution in [0.15, 0.2) is 29.8 Å². The van der Waals surface area contributed by atoms with E-state index in [1.54, 1.807) is 7.11 Å². The molecule has 8 heteroatoms. The largest absolute Gasteiger partial charge is 0.383 e. The lowest BCUT2D eigenvalue weighted by molar-refractivity contribution is -0.125. The van der Waals surface area contributed by atoms with Crippen LogP contribution < -0.4 is 16.2 Å². The highest BCUT2D eigenvalue weighted by molar-refractivity contribution is 6.02. The second-order valence-corrected chi connectivity index (χ2v) is 7.84. The zero-order chi connectivity index (χ0) is 23.8. The van der Waals surface area contributed by atoms with Crippen LogP contribution in [-0.4, -0.2) is 36.6 Å². The minimum absolute atomic E-state index is 0.0195. The molecule has 0 saturated heterocycles. The first-order valence-corrected chi connectivity index (χ1v) is 10.4. The molecular weight excluding hydrogens is 406 g/mol. The van der Waals surface area contributed by atoms with Crippen molar-refractivity contribution in [3.63, 3.8) is 0 Å². The predicted octanol–water partition coefficient (Wildman–Crippen LogP) is 3.10. The van der Waals surface area contributed by atoms with Crippen molar-refractivity contribution in [3.8, 4) is 6.07 Å². The molecule has 0 spiro atoms. The molecule has 0 saturated carbocycles. The maximum absolute atomic E-state index is 12.4. The van der Waals surface area contributed by atoms with Crippen molar-refractivity contribution in [1.82, 2.24) is 15.4 Å². The number of hydrogen-bond acceptors (Lipinski definition) is 5. The molecule has 0 aliphatic heterocycles. The van der Waals surface area contributed by atoms with Crippen LogP contribution in [0.1, 0.15) is 41.0 Å². The molecule has 1 unspecified atom stereocenters. The van der Waals surface area contributed by atoms with Gasteiger partial charge in [-0.15, -0.1) is 0 Å². The number of benzene rings is 1. The van der Waals surface area contributed by atoms with Gasteiger partial charge in [-0.05, 0) is 64.0 Å². The van der Waals surface area contributed by atoms with Crippen LogP contribution in [0, 0.1) is 39.0 Å². The van der Waals surface area contributed by atoms with E-state index in [4.69, 9.17) is 4.74 Å². The molecule has 8 nitrogen and oxygen atoms in total. The van der Waals surface area contributed by atoms with Crippen molar-refractivity contribution in [1.29, 1.82) is 5.26 Å². The average molecular weight is 438 g/mol. The highest BCUT2D eigenvalue weighted by Gasteiger charge is 2.16. The van der Waals surface area contributed by atoms with Gasteiger partial charge in [0.15, 0.2) is 0 Å². The van der Waals surface area contributed by atoms with Crippen molar-refractivity contribution in [3.05, 3.63) is 57.9 Å². The number of nitrogens with zero attached hydrogens (tertiary/aromatic N) is 2. The standard InChI is InChI=1S/C24H31N5O3/c1-15-7-8-22(16(2)9-15)26-13-23(30)27-28-24(31)21(12-25)11-20-10-17(3)29(19(20)5)18(4)14-32-6/h7-11,18,26H,13-14H2,1-6H3,(H,27,30)(H,28,31)/b21-11-. The van der Waals surface area contributed by atoms with Crippen LogP contribution in [0.25, 0.3) is 6.08 Å². The molecule has 0 bridgehead atoms. The van der Waals surface area contributed by atoms with Crippen molar-refractivity contribution < 1.29 is 14.3 Å². The number of rotatable bonds is 8. The third-order valence-corrected chi connectivity index (χ3v) is 5.17. The fourth-order valence-corrected chi connectivity index (χ4v) is 3.67. The fraction of sp³-hybridized carbons (Fsp3) is 0.375. The zero-order valence-corrected chi connectivity index (χ0v) is 19.5. The molecule has 3 N–H and O–H groups in total. The Morgan fingerprint density at radius 1 is 1.19 bits per heavy atom. The summed E-state index contributed by atoms with van der Waals surface area (Å²) >= 11 is 0. The van der Waals surface area contributed by atoms with Gasteiger partial charge >= 0.3 is 0 Å². The first kappa shape index (κ1) is 24.7. The lowest BCUT2D eigenvalue weighted by atomic mass is 10.1. The highest BCUT2D eigenvalue weighted by atomic mass is 16.5. The van der Waals surface area contributed by atoms with E-state index in [1.807, 2.05) is 65.0 Å². The van der Waals surface area contributed by atoms with E-state index in [1.165, 1.54) is 6.08 Å². The maximum Gasteiger partial charge on any atom is 0.280 e. The molecule has 1 atom stereocenters. The van der Waals surface area contributed by atoms with E-state index < -0.39 is 11.8 Å². The molecule has 2 aromatic rings. The van der Waals surface area contributed by atoms with Crippen LogP contribution in [-0.2, 0) is 14.3 Å². The normalized spacial score (nSPS) is 12.1. The lowest BCUT2D eigenvalue weighted by Gasteiger charge is -2.17. The summed E-state index contributed by atoms with van der Waals surface area (Å²) in [5, 5.41) is 12.5. The molecule has 1 heterocycles. The first-order valence-electron chi connectivity index (χ1n) is 10.4.